The van der Waals surface area contributed by atoms with Gasteiger partial charge >= 0.3 is 0 Å². The molecule has 0 radical (unpaired) electrons. The standard InChI is InChI=1S/C14H13FN4S/c1-2-12(19-8-7-16-9-19)14-18-17-13(20-14)10-3-5-11(15)6-4-10/h3-9,12H,2H2,1H3. The summed E-state index contributed by atoms with van der Waals surface area (Å²) in [5.74, 6) is -0.247. The van der Waals surface area contributed by atoms with Gasteiger partial charge in [-0.1, -0.05) is 18.3 Å². The van der Waals surface area contributed by atoms with Crippen LogP contribution in [0.5, 0.6) is 0 Å². The number of imidazole rings is 1. The first-order chi connectivity index (χ1) is 9.78. The van der Waals surface area contributed by atoms with Gasteiger partial charge in [0.2, 0.25) is 0 Å². The Morgan fingerprint density at radius 2 is 2.05 bits per heavy atom. The predicted octanol–water partition coefficient (Wildman–Crippen LogP) is 3.54. The molecule has 2 heterocycles. The van der Waals surface area contributed by atoms with E-state index in [1.807, 2.05) is 10.8 Å². The van der Waals surface area contributed by atoms with Gasteiger partial charge in [0.05, 0.1) is 12.4 Å². The van der Waals surface area contributed by atoms with Crippen molar-refractivity contribution < 1.29 is 4.39 Å². The average molecular weight is 288 g/mol. The maximum atomic E-state index is 12.9. The summed E-state index contributed by atoms with van der Waals surface area (Å²) in [6.07, 6.45) is 6.37. The molecule has 3 aromatic rings. The summed E-state index contributed by atoms with van der Waals surface area (Å²) in [6, 6.07) is 6.45. The molecule has 0 fully saturated rings. The van der Waals surface area contributed by atoms with E-state index in [1.165, 1.54) is 23.5 Å². The summed E-state index contributed by atoms with van der Waals surface area (Å²) in [7, 11) is 0. The maximum absolute atomic E-state index is 12.9. The third-order valence-electron chi connectivity index (χ3n) is 3.09. The average Bonchev–Trinajstić information content (AvgIpc) is 3.12. The van der Waals surface area contributed by atoms with Crippen molar-refractivity contribution in [1.82, 2.24) is 19.7 Å². The first-order valence-electron chi connectivity index (χ1n) is 6.34. The van der Waals surface area contributed by atoms with Gasteiger partial charge in [0, 0.05) is 18.0 Å². The van der Waals surface area contributed by atoms with Crippen LogP contribution in [0.1, 0.15) is 24.4 Å². The predicted molar refractivity (Wildman–Crippen MR) is 76.0 cm³/mol. The molecule has 0 amide bonds. The van der Waals surface area contributed by atoms with Crippen LogP contribution in [-0.2, 0) is 0 Å². The topological polar surface area (TPSA) is 43.6 Å². The van der Waals surface area contributed by atoms with Crippen molar-refractivity contribution in [3.05, 3.63) is 53.8 Å². The normalized spacial score (nSPS) is 12.5. The third-order valence-corrected chi connectivity index (χ3v) is 4.16. The SMILES string of the molecule is CCC(c1nnc(-c2ccc(F)cc2)s1)n1ccnc1. The molecule has 1 aromatic carbocycles. The minimum atomic E-state index is -0.247. The summed E-state index contributed by atoms with van der Waals surface area (Å²) < 4.78 is 15.0. The minimum absolute atomic E-state index is 0.143. The molecule has 0 saturated heterocycles. The third kappa shape index (κ3) is 2.46. The van der Waals surface area contributed by atoms with Crippen molar-refractivity contribution in [2.45, 2.75) is 19.4 Å². The molecule has 4 nitrogen and oxygen atoms in total. The van der Waals surface area contributed by atoms with E-state index in [0.29, 0.717) is 0 Å². The van der Waals surface area contributed by atoms with Crippen LogP contribution in [0.4, 0.5) is 4.39 Å². The lowest BCUT2D eigenvalue weighted by molar-refractivity contribution is 0.558. The monoisotopic (exact) mass is 288 g/mol. The lowest BCUT2D eigenvalue weighted by Crippen LogP contribution is -2.07. The van der Waals surface area contributed by atoms with E-state index in [1.54, 1.807) is 24.7 Å². The number of rotatable bonds is 4. The molecule has 1 unspecified atom stereocenters. The Kier molecular flexibility index (Phi) is 3.56. The van der Waals surface area contributed by atoms with Gasteiger partial charge in [0.15, 0.2) is 0 Å². The first kappa shape index (κ1) is 12.9. The fraction of sp³-hybridized carbons (Fsp3) is 0.214. The highest BCUT2D eigenvalue weighted by molar-refractivity contribution is 7.14. The molecule has 3 rings (SSSR count). The molecule has 0 bridgehead atoms. The van der Waals surface area contributed by atoms with E-state index < -0.39 is 0 Å². The molecule has 0 saturated carbocycles. The van der Waals surface area contributed by atoms with Crippen molar-refractivity contribution in [2.75, 3.05) is 0 Å². The van der Waals surface area contributed by atoms with Gasteiger partial charge in [-0.05, 0) is 30.7 Å². The molecule has 0 N–H and O–H groups in total. The quantitative estimate of drug-likeness (QED) is 0.737. The molecule has 0 aliphatic heterocycles. The van der Waals surface area contributed by atoms with E-state index in [2.05, 4.69) is 22.1 Å². The summed E-state index contributed by atoms with van der Waals surface area (Å²) in [4.78, 5) is 4.07. The van der Waals surface area contributed by atoms with E-state index >= 15 is 0 Å². The first-order valence-corrected chi connectivity index (χ1v) is 7.16. The summed E-state index contributed by atoms with van der Waals surface area (Å²) in [5.41, 5.74) is 0.885. The Morgan fingerprint density at radius 3 is 2.70 bits per heavy atom. The van der Waals surface area contributed by atoms with Crippen molar-refractivity contribution in [1.29, 1.82) is 0 Å². The highest BCUT2D eigenvalue weighted by Gasteiger charge is 2.17. The largest absolute Gasteiger partial charge is 0.327 e. The molecular weight excluding hydrogens is 275 g/mol. The van der Waals surface area contributed by atoms with Crippen LogP contribution < -0.4 is 0 Å². The minimum Gasteiger partial charge on any atom is -0.327 e. The maximum Gasteiger partial charge on any atom is 0.147 e. The smallest absolute Gasteiger partial charge is 0.147 e. The summed E-state index contributed by atoms with van der Waals surface area (Å²) in [6.45, 7) is 2.10. The molecule has 2 aromatic heterocycles. The van der Waals surface area contributed by atoms with Crippen molar-refractivity contribution in [2.24, 2.45) is 0 Å². The van der Waals surface area contributed by atoms with Crippen LogP contribution in [0.15, 0.2) is 43.0 Å². The number of hydrogen-bond donors (Lipinski definition) is 0. The Labute approximate surface area is 119 Å². The van der Waals surface area contributed by atoms with E-state index in [-0.39, 0.29) is 11.9 Å². The molecule has 20 heavy (non-hydrogen) atoms. The zero-order chi connectivity index (χ0) is 13.9. The van der Waals surface area contributed by atoms with Gasteiger partial charge in [-0.3, -0.25) is 0 Å². The lowest BCUT2D eigenvalue weighted by atomic mass is 10.2. The van der Waals surface area contributed by atoms with E-state index in [0.717, 1.165) is 22.0 Å². The van der Waals surface area contributed by atoms with Gasteiger partial charge in [0.25, 0.3) is 0 Å². The van der Waals surface area contributed by atoms with Gasteiger partial charge in [-0.25, -0.2) is 9.37 Å². The second-order valence-corrected chi connectivity index (χ2v) is 5.40. The van der Waals surface area contributed by atoms with Crippen LogP contribution in [0, 0.1) is 5.82 Å². The summed E-state index contributed by atoms with van der Waals surface area (Å²) in [5, 5.41) is 10.2. The molecule has 0 aliphatic rings. The Hall–Kier alpha value is -2.08. The van der Waals surface area contributed by atoms with E-state index in [9.17, 15) is 4.39 Å². The van der Waals surface area contributed by atoms with Gasteiger partial charge in [-0.15, -0.1) is 10.2 Å². The number of aromatic nitrogens is 4. The van der Waals surface area contributed by atoms with Crippen LogP contribution in [0.25, 0.3) is 10.6 Å². The number of halogens is 1. The molecule has 0 aliphatic carbocycles. The van der Waals surface area contributed by atoms with Gasteiger partial charge < -0.3 is 4.57 Å². The van der Waals surface area contributed by atoms with Gasteiger partial charge in [-0.2, -0.15) is 0 Å². The molecule has 0 spiro atoms. The fourth-order valence-electron chi connectivity index (χ4n) is 2.05. The van der Waals surface area contributed by atoms with Crippen molar-refractivity contribution in [3.63, 3.8) is 0 Å². The highest BCUT2D eigenvalue weighted by Crippen LogP contribution is 2.30. The van der Waals surface area contributed by atoms with Crippen LogP contribution in [-0.4, -0.2) is 19.7 Å². The molecule has 102 valence electrons. The summed E-state index contributed by atoms with van der Waals surface area (Å²) >= 11 is 1.53. The second kappa shape index (κ2) is 5.50. The molecule has 1 atom stereocenters. The molecular formula is C14H13FN4S. The van der Waals surface area contributed by atoms with Crippen LogP contribution >= 0.6 is 11.3 Å². The van der Waals surface area contributed by atoms with Crippen molar-refractivity contribution in [3.8, 4) is 10.6 Å². The second-order valence-electron chi connectivity index (χ2n) is 4.39. The number of benzene rings is 1. The zero-order valence-electron chi connectivity index (χ0n) is 10.9. The number of nitrogens with zero attached hydrogens (tertiary/aromatic N) is 4. The zero-order valence-corrected chi connectivity index (χ0v) is 11.7. The Morgan fingerprint density at radius 1 is 1.25 bits per heavy atom. The molecule has 6 heteroatoms. The Balaban J connectivity index is 1.91. The fourth-order valence-corrected chi connectivity index (χ4v) is 3.08. The van der Waals surface area contributed by atoms with Gasteiger partial charge in [0.1, 0.15) is 15.8 Å². The van der Waals surface area contributed by atoms with Crippen LogP contribution in [0.3, 0.4) is 0 Å². The Bertz CT molecular complexity index is 676. The van der Waals surface area contributed by atoms with E-state index in [4.69, 9.17) is 0 Å². The van der Waals surface area contributed by atoms with Crippen molar-refractivity contribution >= 4 is 11.3 Å². The number of hydrogen-bond acceptors (Lipinski definition) is 4. The highest BCUT2D eigenvalue weighted by atomic mass is 32.1. The van der Waals surface area contributed by atoms with Crippen LogP contribution in [0.2, 0.25) is 0 Å². The lowest BCUT2D eigenvalue weighted by Gasteiger charge is -2.12.